The summed E-state index contributed by atoms with van der Waals surface area (Å²) in [5, 5.41) is 0. The molecular formula is C12H19NS. The van der Waals surface area contributed by atoms with Gasteiger partial charge in [0.1, 0.15) is 0 Å². The molecular weight excluding hydrogens is 190 g/mol. The van der Waals surface area contributed by atoms with Crippen LogP contribution in [0.15, 0.2) is 24.3 Å². The number of nitrogens with two attached hydrogens (primary N) is 1. The zero-order valence-electron chi connectivity index (χ0n) is 8.99. The third-order valence-corrected chi connectivity index (χ3v) is 3.38. The number of rotatable bonds is 5. The van der Waals surface area contributed by atoms with Crippen molar-refractivity contribution in [1.29, 1.82) is 0 Å². The molecule has 14 heavy (non-hydrogen) atoms. The van der Waals surface area contributed by atoms with E-state index in [9.17, 15) is 0 Å². The van der Waals surface area contributed by atoms with E-state index in [2.05, 4.69) is 31.2 Å². The molecule has 0 bridgehead atoms. The highest BCUT2D eigenvalue weighted by Gasteiger charge is 1.96. The molecule has 2 N–H and O–H groups in total. The first-order chi connectivity index (χ1) is 6.72. The Balaban J connectivity index is 2.36. The van der Waals surface area contributed by atoms with Crippen LogP contribution in [0.3, 0.4) is 0 Å². The summed E-state index contributed by atoms with van der Waals surface area (Å²) in [5.74, 6) is 2.11. The molecule has 0 aliphatic rings. The maximum Gasteiger partial charge on any atom is 0.0185 e. The Morgan fingerprint density at radius 3 is 2.29 bits per heavy atom. The highest BCUT2D eigenvalue weighted by molar-refractivity contribution is 7.98. The van der Waals surface area contributed by atoms with Gasteiger partial charge in [-0.1, -0.05) is 31.2 Å². The number of aryl methyl sites for hydroxylation is 1. The fourth-order valence-electron chi connectivity index (χ4n) is 1.23. The first-order valence-corrected chi connectivity index (χ1v) is 6.29. The summed E-state index contributed by atoms with van der Waals surface area (Å²) in [4.78, 5) is 0. The molecule has 1 rings (SSSR count). The molecule has 2 heteroatoms. The van der Waals surface area contributed by atoms with Crippen LogP contribution < -0.4 is 5.73 Å². The summed E-state index contributed by atoms with van der Waals surface area (Å²) in [6, 6.07) is 9.15. The van der Waals surface area contributed by atoms with E-state index >= 15 is 0 Å². The van der Waals surface area contributed by atoms with Gasteiger partial charge in [0, 0.05) is 17.5 Å². The average molecular weight is 209 g/mol. The molecule has 0 aromatic heterocycles. The molecule has 1 aromatic carbocycles. The lowest BCUT2D eigenvalue weighted by molar-refractivity contribution is 0.847. The van der Waals surface area contributed by atoms with E-state index in [0.29, 0.717) is 6.04 Å². The second kappa shape index (κ2) is 6.10. The Kier molecular flexibility index (Phi) is 5.05. The maximum atomic E-state index is 5.68. The summed E-state index contributed by atoms with van der Waals surface area (Å²) < 4.78 is 0. The lowest BCUT2D eigenvalue weighted by Crippen LogP contribution is -2.17. The van der Waals surface area contributed by atoms with Crippen LogP contribution in [-0.2, 0) is 12.2 Å². The molecule has 1 atom stereocenters. The van der Waals surface area contributed by atoms with Gasteiger partial charge in [-0.15, -0.1) is 0 Å². The van der Waals surface area contributed by atoms with Gasteiger partial charge < -0.3 is 5.73 Å². The second-order valence-corrected chi connectivity index (χ2v) is 4.69. The SMILES string of the molecule is CCc1ccc(CSCC(C)N)cc1. The average Bonchev–Trinajstić information content (AvgIpc) is 2.18. The minimum atomic E-state index is 0.301. The quantitative estimate of drug-likeness (QED) is 0.807. The molecule has 1 unspecified atom stereocenters. The zero-order chi connectivity index (χ0) is 10.4. The van der Waals surface area contributed by atoms with Crippen molar-refractivity contribution >= 4 is 11.8 Å². The summed E-state index contributed by atoms with van der Waals surface area (Å²) in [7, 11) is 0. The van der Waals surface area contributed by atoms with Crippen molar-refractivity contribution in [2.24, 2.45) is 5.73 Å². The summed E-state index contributed by atoms with van der Waals surface area (Å²) in [6.45, 7) is 4.23. The number of hydrogen-bond donors (Lipinski definition) is 1. The Labute approximate surface area is 91.1 Å². The Morgan fingerprint density at radius 1 is 1.21 bits per heavy atom. The molecule has 0 amide bonds. The van der Waals surface area contributed by atoms with E-state index in [-0.39, 0.29) is 0 Å². The second-order valence-electron chi connectivity index (χ2n) is 3.66. The van der Waals surface area contributed by atoms with Crippen LogP contribution in [0.5, 0.6) is 0 Å². The molecule has 1 nitrogen and oxygen atoms in total. The number of benzene rings is 1. The van der Waals surface area contributed by atoms with Gasteiger partial charge in [-0.2, -0.15) is 11.8 Å². The Hall–Kier alpha value is -0.470. The number of thioether (sulfide) groups is 1. The van der Waals surface area contributed by atoms with E-state index in [4.69, 9.17) is 5.73 Å². The van der Waals surface area contributed by atoms with Gasteiger partial charge in [0.15, 0.2) is 0 Å². The minimum absolute atomic E-state index is 0.301. The van der Waals surface area contributed by atoms with Crippen molar-refractivity contribution in [2.45, 2.75) is 32.1 Å². The lowest BCUT2D eigenvalue weighted by atomic mass is 10.1. The monoisotopic (exact) mass is 209 g/mol. The third kappa shape index (κ3) is 4.16. The van der Waals surface area contributed by atoms with Crippen molar-refractivity contribution in [3.63, 3.8) is 0 Å². The molecule has 0 spiro atoms. The van der Waals surface area contributed by atoms with E-state index < -0.39 is 0 Å². The van der Waals surface area contributed by atoms with Crippen LogP contribution in [0.2, 0.25) is 0 Å². The van der Waals surface area contributed by atoms with Gasteiger partial charge in [0.25, 0.3) is 0 Å². The van der Waals surface area contributed by atoms with Crippen molar-refractivity contribution in [1.82, 2.24) is 0 Å². The van der Waals surface area contributed by atoms with Crippen LogP contribution in [0.1, 0.15) is 25.0 Å². The fourth-order valence-corrected chi connectivity index (χ4v) is 2.15. The van der Waals surface area contributed by atoms with Crippen LogP contribution in [0.4, 0.5) is 0 Å². The summed E-state index contributed by atoms with van der Waals surface area (Å²) >= 11 is 1.90. The topological polar surface area (TPSA) is 26.0 Å². The van der Waals surface area contributed by atoms with Gasteiger partial charge in [-0.3, -0.25) is 0 Å². The van der Waals surface area contributed by atoms with Crippen LogP contribution in [0.25, 0.3) is 0 Å². The third-order valence-electron chi connectivity index (χ3n) is 2.08. The van der Waals surface area contributed by atoms with Crippen LogP contribution in [0, 0.1) is 0 Å². The highest BCUT2D eigenvalue weighted by atomic mass is 32.2. The smallest absolute Gasteiger partial charge is 0.0185 e. The summed E-state index contributed by atoms with van der Waals surface area (Å²) in [5.41, 5.74) is 8.49. The Bertz CT molecular complexity index is 254. The summed E-state index contributed by atoms with van der Waals surface area (Å²) in [6.07, 6.45) is 1.12. The first kappa shape index (κ1) is 11.6. The van der Waals surface area contributed by atoms with Crippen molar-refractivity contribution < 1.29 is 0 Å². The van der Waals surface area contributed by atoms with Crippen molar-refractivity contribution in [3.05, 3.63) is 35.4 Å². The molecule has 1 aromatic rings. The standard InChI is InChI=1S/C12H19NS/c1-3-11-4-6-12(7-5-11)9-14-8-10(2)13/h4-7,10H,3,8-9,13H2,1-2H3. The van der Waals surface area contributed by atoms with Gasteiger partial charge >= 0.3 is 0 Å². The first-order valence-electron chi connectivity index (χ1n) is 5.13. The molecule has 0 heterocycles. The molecule has 0 saturated carbocycles. The fraction of sp³-hybridized carbons (Fsp3) is 0.500. The Morgan fingerprint density at radius 2 is 1.79 bits per heavy atom. The van der Waals surface area contributed by atoms with E-state index in [1.54, 1.807) is 0 Å². The maximum absolute atomic E-state index is 5.68. The predicted octanol–water partition coefficient (Wildman–Crippen LogP) is 2.83. The van der Waals surface area contributed by atoms with E-state index in [0.717, 1.165) is 17.9 Å². The number of hydrogen-bond acceptors (Lipinski definition) is 2. The lowest BCUT2D eigenvalue weighted by Gasteiger charge is -2.05. The highest BCUT2D eigenvalue weighted by Crippen LogP contribution is 2.13. The van der Waals surface area contributed by atoms with Crippen molar-refractivity contribution in [3.8, 4) is 0 Å². The van der Waals surface area contributed by atoms with Gasteiger partial charge in [0.05, 0.1) is 0 Å². The zero-order valence-corrected chi connectivity index (χ0v) is 9.81. The largest absolute Gasteiger partial charge is 0.327 e. The van der Waals surface area contributed by atoms with E-state index in [1.165, 1.54) is 11.1 Å². The molecule has 0 fully saturated rings. The minimum Gasteiger partial charge on any atom is -0.327 e. The van der Waals surface area contributed by atoms with Crippen molar-refractivity contribution in [2.75, 3.05) is 5.75 Å². The van der Waals surface area contributed by atoms with Gasteiger partial charge in [0.2, 0.25) is 0 Å². The van der Waals surface area contributed by atoms with Gasteiger partial charge in [-0.25, -0.2) is 0 Å². The molecule has 78 valence electrons. The van der Waals surface area contributed by atoms with Crippen LogP contribution in [-0.4, -0.2) is 11.8 Å². The predicted molar refractivity (Wildman–Crippen MR) is 65.6 cm³/mol. The molecule has 0 saturated heterocycles. The van der Waals surface area contributed by atoms with Gasteiger partial charge in [-0.05, 0) is 24.5 Å². The molecule has 0 aliphatic carbocycles. The molecule has 0 radical (unpaired) electrons. The normalized spacial score (nSPS) is 12.8. The van der Waals surface area contributed by atoms with E-state index in [1.807, 2.05) is 18.7 Å². The van der Waals surface area contributed by atoms with Crippen LogP contribution >= 0.6 is 11.8 Å². The molecule has 0 aliphatic heterocycles.